The Morgan fingerprint density at radius 1 is 0.895 bits per heavy atom. The summed E-state index contributed by atoms with van der Waals surface area (Å²) in [6, 6.07) is 32.4. The van der Waals surface area contributed by atoms with Crippen molar-refractivity contribution in [2.45, 2.75) is 83.1 Å². The number of carbonyl (C=O) groups is 1. The van der Waals surface area contributed by atoms with Gasteiger partial charge in [-0.15, -0.1) is 21.6 Å². The molecule has 0 saturated carbocycles. The average Bonchev–Trinajstić information content (AvgIpc) is 3.81. The molecular formula is C45H57N5O3S2Si2. The van der Waals surface area contributed by atoms with Gasteiger partial charge in [0, 0.05) is 37.1 Å². The molecule has 0 bridgehead atoms. The maximum absolute atomic E-state index is 13.1. The Kier molecular flexibility index (Phi) is 14.3. The Morgan fingerprint density at radius 3 is 2.25 bits per heavy atom. The van der Waals surface area contributed by atoms with Crippen LogP contribution in [0, 0.1) is 0 Å². The molecule has 0 fully saturated rings. The Balaban J connectivity index is 1.01. The maximum Gasteiger partial charge on any atom is 0.265 e. The Bertz CT molecular complexity index is 2120. The van der Waals surface area contributed by atoms with Crippen LogP contribution in [0.15, 0.2) is 119 Å². The molecule has 1 amide bonds. The van der Waals surface area contributed by atoms with E-state index >= 15 is 0 Å². The van der Waals surface area contributed by atoms with Gasteiger partial charge in [0.15, 0.2) is 8.32 Å². The molecule has 0 spiro atoms. The number of likely N-dealkylation sites (N-methyl/N-ethyl adjacent to an activating group) is 1. The van der Waals surface area contributed by atoms with Crippen molar-refractivity contribution in [3.8, 4) is 0 Å². The van der Waals surface area contributed by atoms with Crippen molar-refractivity contribution in [3.05, 3.63) is 120 Å². The molecule has 300 valence electrons. The van der Waals surface area contributed by atoms with Crippen LogP contribution in [0.2, 0.25) is 28.7 Å². The van der Waals surface area contributed by atoms with E-state index in [0.29, 0.717) is 22.2 Å². The number of thiazole rings is 1. The minimum atomic E-state index is -2.46. The predicted octanol–water partition coefficient (Wildman–Crippen LogP) is 12.6. The molecule has 8 nitrogen and oxygen atoms in total. The number of rotatable bonds is 18. The van der Waals surface area contributed by atoms with Gasteiger partial charge in [-0.05, 0) is 89.2 Å². The summed E-state index contributed by atoms with van der Waals surface area (Å²) in [7, 11) is -1.93. The molecule has 2 atom stereocenters. The van der Waals surface area contributed by atoms with Gasteiger partial charge in [-0.1, -0.05) is 120 Å². The molecule has 0 saturated heterocycles. The van der Waals surface area contributed by atoms with E-state index < -0.39 is 16.6 Å². The number of fused-ring (bicyclic) bond motifs is 1. The third-order valence-electron chi connectivity index (χ3n) is 11.4. The summed E-state index contributed by atoms with van der Waals surface area (Å²) in [6.45, 7) is 15.9. The number of benzene rings is 3. The van der Waals surface area contributed by atoms with Crippen molar-refractivity contribution in [2.24, 2.45) is 10.2 Å². The van der Waals surface area contributed by atoms with Crippen molar-refractivity contribution in [3.63, 3.8) is 0 Å². The van der Waals surface area contributed by atoms with Crippen LogP contribution in [-0.4, -0.2) is 54.3 Å². The average molecular weight is 836 g/mol. The molecule has 1 N–H and O–H groups in total. The molecule has 0 aliphatic heterocycles. The zero-order chi connectivity index (χ0) is 40.5. The molecule has 12 heteroatoms. The largest absolute Gasteiger partial charge is 0.416 e. The molecule has 1 aliphatic rings. The van der Waals surface area contributed by atoms with Gasteiger partial charge >= 0.3 is 0 Å². The molecule has 6 rings (SSSR count). The normalized spacial score (nSPS) is 15.7. The number of allylic oxidation sites excluding steroid dienone is 4. The van der Waals surface area contributed by atoms with Gasteiger partial charge in [-0.25, -0.2) is 4.98 Å². The van der Waals surface area contributed by atoms with Crippen LogP contribution in [0.3, 0.4) is 0 Å². The van der Waals surface area contributed by atoms with E-state index in [2.05, 4.69) is 153 Å². The molecule has 1 aliphatic carbocycles. The molecule has 0 radical (unpaired) electrons. The fraction of sp³-hybridized carbons (Fsp3) is 0.378. The first-order valence-electron chi connectivity index (χ1n) is 20.2. The van der Waals surface area contributed by atoms with Crippen LogP contribution in [-0.2, 0) is 15.3 Å². The first-order chi connectivity index (χ1) is 27.5. The van der Waals surface area contributed by atoms with Crippen LogP contribution in [0.1, 0.15) is 63.2 Å². The summed E-state index contributed by atoms with van der Waals surface area (Å²) in [5, 5.41) is 13.8. The summed E-state index contributed by atoms with van der Waals surface area (Å²) >= 11 is 2.79. The summed E-state index contributed by atoms with van der Waals surface area (Å²) in [4.78, 5) is 21.4. The van der Waals surface area contributed by atoms with E-state index in [9.17, 15) is 4.79 Å². The van der Waals surface area contributed by atoms with E-state index in [1.54, 1.807) is 0 Å². The number of aromatic nitrogens is 1. The molecular weight excluding hydrogens is 779 g/mol. The molecule has 2 unspecified atom stereocenters. The van der Waals surface area contributed by atoms with E-state index in [1.807, 2.05) is 30.3 Å². The molecule has 2 aromatic heterocycles. The fourth-order valence-electron chi connectivity index (χ4n) is 7.79. The maximum atomic E-state index is 13.1. The minimum absolute atomic E-state index is 0.000852. The van der Waals surface area contributed by atoms with Crippen LogP contribution in [0.5, 0.6) is 0 Å². The van der Waals surface area contributed by atoms with Gasteiger partial charge in [0.05, 0.1) is 21.9 Å². The van der Waals surface area contributed by atoms with Crippen molar-refractivity contribution in [2.75, 3.05) is 37.0 Å². The number of azo groups is 1. The van der Waals surface area contributed by atoms with Crippen molar-refractivity contribution in [1.82, 2.24) is 4.98 Å². The Morgan fingerprint density at radius 2 is 1.61 bits per heavy atom. The standard InChI is InChI=1S/C45H57N5O3S2Si2/c1-8-56(9-2,10-3)52-31-29-34-21-23-35(24-22-34)46-42(51)40-33-41-43(54-40)47-44(55-41)49-48-36-25-27-37(28-26-36)50(7)30-32-53-57(45(4,5)6,38-17-13-11-14-18-38)39-19-15-12-16-20-39/h11-19,21-28,33,39H,8-10,20,29-32H2,1-7H3,(H,46,51). The molecule has 57 heavy (non-hydrogen) atoms. The topological polar surface area (TPSA) is 88.4 Å². The number of nitrogens with one attached hydrogen (secondary N) is 1. The molecule has 2 heterocycles. The summed E-state index contributed by atoms with van der Waals surface area (Å²) in [5.41, 5.74) is 4.18. The van der Waals surface area contributed by atoms with Crippen molar-refractivity contribution < 1.29 is 13.6 Å². The Hall–Kier alpha value is -4.05. The lowest BCUT2D eigenvalue weighted by Gasteiger charge is -2.47. The van der Waals surface area contributed by atoms with Gasteiger partial charge < -0.3 is 19.1 Å². The third-order valence-corrected chi connectivity index (χ3v) is 23.6. The number of nitrogens with zero attached hydrogens (tertiary/aromatic N) is 4. The van der Waals surface area contributed by atoms with E-state index in [-0.39, 0.29) is 10.9 Å². The highest BCUT2D eigenvalue weighted by atomic mass is 32.1. The smallest absolute Gasteiger partial charge is 0.265 e. The van der Waals surface area contributed by atoms with E-state index in [0.717, 1.165) is 70.7 Å². The van der Waals surface area contributed by atoms with Gasteiger partial charge in [-0.2, -0.15) is 0 Å². The van der Waals surface area contributed by atoms with Crippen LogP contribution in [0.4, 0.5) is 22.2 Å². The minimum Gasteiger partial charge on any atom is -0.416 e. The first-order valence-corrected chi connectivity index (χ1v) is 26.3. The number of hydrogen-bond donors (Lipinski definition) is 1. The van der Waals surface area contributed by atoms with Crippen molar-refractivity contribution in [1.29, 1.82) is 0 Å². The second-order valence-electron chi connectivity index (χ2n) is 15.8. The lowest BCUT2D eigenvalue weighted by molar-refractivity contribution is 0.103. The first kappa shape index (κ1) is 42.6. The second kappa shape index (κ2) is 19.1. The lowest BCUT2D eigenvalue weighted by Crippen LogP contribution is -2.61. The molecule has 3 aromatic carbocycles. The summed E-state index contributed by atoms with van der Waals surface area (Å²) in [5.74, 6) is -0.142. The third kappa shape index (κ3) is 10.2. The highest BCUT2D eigenvalue weighted by molar-refractivity contribution is 7.29. The van der Waals surface area contributed by atoms with Gasteiger partial charge in [0.1, 0.15) is 4.83 Å². The van der Waals surface area contributed by atoms with Crippen molar-refractivity contribution >= 4 is 82.1 Å². The Labute approximate surface area is 349 Å². The number of thiophene rings is 1. The van der Waals surface area contributed by atoms with Crippen LogP contribution >= 0.6 is 22.7 Å². The van der Waals surface area contributed by atoms with Gasteiger partial charge in [-0.3, -0.25) is 4.79 Å². The van der Waals surface area contributed by atoms with Gasteiger partial charge in [0.25, 0.3) is 5.91 Å². The summed E-state index contributed by atoms with van der Waals surface area (Å²) < 4.78 is 14.5. The van der Waals surface area contributed by atoms with E-state index in [4.69, 9.17) is 8.85 Å². The fourth-order valence-corrected chi connectivity index (χ4v) is 17.5. The van der Waals surface area contributed by atoms with Gasteiger partial charge in [0.2, 0.25) is 13.4 Å². The number of hydrogen-bond acceptors (Lipinski definition) is 9. The quantitative estimate of drug-likeness (QED) is 0.0701. The highest BCUT2D eigenvalue weighted by Gasteiger charge is 2.53. The lowest BCUT2D eigenvalue weighted by atomic mass is 10.1. The van der Waals surface area contributed by atoms with E-state index in [1.165, 1.54) is 33.4 Å². The summed E-state index contributed by atoms with van der Waals surface area (Å²) in [6.07, 6.45) is 10.9. The monoisotopic (exact) mass is 835 g/mol. The zero-order valence-electron chi connectivity index (χ0n) is 34.5. The number of carbonyl (C=O) groups excluding carboxylic acids is 1. The van der Waals surface area contributed by atoms with Crippen LogP contribution < -0.4 is 15.4 Å². The molecule has 5 aromatic rings. The van der Waals surface area contributed by atoms with Crippen LogP contribution in [0.25, 0.3) is 9.53 Å². The zero-order valence-corrected chi connectivity index (χ0v) is 38.1. The SMILES string of the molecule is CC[Si](CC)(CC)OCCc1ccc(NC(=O)c2cc3sc(N=Nc4ccc(N(C)CCO[Si](c5ccccc5)(C5C=CC=CC5)C(C)(C)C)cc4)nc3s2)cc1. The highest BCUT2D eigenvalue weighted by Crippen LogP contribution is 2.47. The number of anilines is 2. The second-order valence-corrected chi connectivity index (χ2v) is 27.2. The predicted molar refractivity (Wildman–Crippen MR) is 247 cm³/mol. The number of amides is 1.